The van der Waals surface area contributed by atoms with Crippen LogP contribution < -0.4 is 10.1 Å². The number of nitrogens with one attached hydrogen (secondary N) is 1. The number of phenols is 1. The van der Waals surface area contributed by atoms with Crippen molar-refractivity contribution in [1.29, 1.82) is 5.26 Å². The van der Waals surface area contributed by atoms with Gasteiger partial charge in [0.15, 0.2) is 11.5 Å². The van der Waals surface area contributed by atoms with Gasteiger partial charge in [-0.3, -0.25) is 0 Å². The van der Waals surface area contributed by atoms with Gasteiger partial charge in [0.2, 0.25) is 0 Å². The zero-order valence-electron chi connectivity index (χ0n) is 10.4. The molecule has 0 unspecified atom stereocenters. The van der Waals surface area contributed by atoms with Crippen LogP contribution in [0.3, 0.4) is 0 Å². The van der Waals surface area contributed by atoms with Crippen molar-refractivity contribution in [3.63, 3.8) is 0 Å². The number of anilines is 1. The van der Waals surface area contributed by atoms with Gasteiger partial charge in [-0.15, -0.1) is 0 Å². The van der Waals surface area contributed by atoms with Crippen molar-refractivity contribution in [1.82, 2.24) is 4.98 Å². The van der Waals surface area contributed by atoms with E-state index < -0.39 is 0 Å². The third-order valence-electron chi connectivity index (χ3n) is 2.63. The second-order valence-corrected chi connectivity index (χ2v) is 3.87. The van der Waals surface area contributed by atoms with Gasteiger partial charge in [0, 0.05) is 12.7 Å². The predicted molar refractivity (Wildman–Crippen MR) is 70.9 cm³/mol. The average molecular weight is 255 g/mol. The van der Waals surface area contributed by atoms with Gasteiger partial charge in [0.05, 0.1) is 12.7 Å². The first-order valence-corrected chi connectivity index (χ1v) is 5.69. The smallest absolute Gasteiger partial charge is 0.160 e. The standard InChI is InChI=1S/C14H13N3O2/c1-19-13-7-10(4-5-12(13)18)9-17-14-11(8-15)3-2-6-16-14/h2-7,18H,9H2,1H3,(H,16,17). The minimum absolute atomic E-state index is 0.0989. The van der Waals surface area contributed by atoms with Crippen molar-refractivity contribution in [3.05, 3.63) is 47.7 Å². The molecule has 0 amide bonds. The monoisotopic (exact) mass is 255 g/mol. The zero-order valence-corrected chi connectivity index (χ0v) is 10.4. The first-order chi connectivity index (χ1) is 9.24. The van der Waals surface area contributed by atoms with Crippen molar-refractivity contribution < 1.29 is 9.84 Å². The third-order valence-corrected chi connectivity index (χ3v) is 2.63. The van der Waals surface area contributed by atoms with Gasteiger partial charge in [-0.2, -0.15) is 5.26 Å². The summed E-state index contributed by atoms with van der Waals surface area (Å²) in [5.41, 5.74) is 1.41. The summed E-state index contributed by atoms with van der Waals surface area (Å²) in [6.07, 6.45) is 1.63. The Hall–Kier alpha value is -2.74. The van der Waals surface area contributed by atoms with Crippen LogP contribution in [-0.2, 0) is 6.54 Å². The maximum atomic E-state index is 9.50. The number of benzene rings is 1. The summed E-state index contributed by atoms with van der Waals surface area (Å²) in [5.74, 6) is 1.06. The predicted octanol–water partition coefficient (Wildman–Crippen LogP) is 2.28. The Balaban J connectivity index is 2.13. The fourth-order valence-corrected chi connectivity index (χ4v) is 1.65. The molecule has 0 saturated heterocycles. The summed E-state index contributed by atoms with van der Waals surface area (Å²) in [6, 6.07) is 10.6. The molecule has 19 heavy (non-hydrogen) atoms. The molecule has 2 rings (SSSR count). The molecule has 0 aliphatic heterocycles. The summed E-state index contributed by atoms with van der Waals surface area (Å²) in [7, 11) is 1.50. The lowest BCUT2D eigenvalue weighted by Gasteiger charge is -2.09. The first-order valence-electron chi connectivity index (χ1n) is 5.69. The lowest BCUT2D eigenvalue weighted by molar-refractivity contribution is 0.373. The fourth-order valence-electron chi connectivity index (χ4n) is 1.65. The Morgan fingerprint density at radius 3 is 3.00 bits per heavy atom. The molecule has 96 valence electrons. The van der Waals surface area contributed by atoms with E-state index in [9.17, 15) is 5.11 Å². The van der Waals surface area contributed by atoms with E-state index in [1.165, 1.54) is 7.11 Å². The highest BCUT2D eigenvalue weighted by Crippen LogP contribution is 2.26. The summed E-state index contributed by atoms with van der Waals surface area (Å²) in [5, 5.41) is 21.5. The van der Waals surface area contributed by atoms with E-state index in [1.807, 2.05) is 0 Å². The second-order valence-electron chi connectivity index (χ2n) is 3.87. The van der Waals surface area contributed by atoms with Crippen molar-refractivity contribution >= 4 is 5.82 Å². The molecular formula is C14H13N3O2. The Kier molecular flexibility index (Phi) is 3.84. The normalized spacial score (nSPS) is 9.68. The number of aromatic nitrogens is 1. The van der Waals surface area contributed by atoms with E-state index in [4.69, 9.17) is 10.00 Å². The van der Waals surface area contributed by atoms with Crippen LogP contribution in [0.2, 0.25) is 0 Å². The number of nitrogens with zero attached hydrogens (tertiary/aromatic N) is 2. The molecular weight excluding hydrogens is 242 g/mol. The van der Waals surface area contributed by atoms with Crippen LogP contribution in [0.5, 0.6) is 11.5 Å². The van der Waals surface area contributed by atoms with E-state index in [1.54, 1.807) is 36.5 Å². The van der Waals surface area contributed by atoms with E-state index in [-0.39, 0.29) is 5.75 Å². The molecule has 0 atom stereocenters. The Morgan fingerprint density at radius 2 is 2.26 bits per heavy atom. The number of rotatable bonds is 4. The zero-order chi connectivity index (χ0) is 13.7. The van der Waals surface area contributed by atoms with E-state index >= 15 is 0 Å². The second kappa shape index (κ2) is 5.74. The molecule has 5 nitrogen and oxygen atoms in total. The Bertz CT molecular complexity index is 620. The minimum atomic E-state index is 0.0989. The molecule has 1 aromatic heterocycles. The van der Waals surface area contributed by atoms with Gasteiger partial charge in [0.25, 0.3) is 0 Å². The van der Waals surface area contributed by atoms with Gasteiger partial charge in [-0.25, -0.2) is 4.98 Å². The van der Waals surface area contributed by atoms with E-state index in [2.05, 4.69) is 16.4 Å². The molecule has 0 saturated carbocycles. The maximum Gasteiger partial charge on any atom is 0.160 e. The Labute approximate surface area is 111 Å². The number of nitriles is 1. The number of methoxy groups -OCH3 is 1. The molecule has 0 fully saturated rings. The van der Waals surface area contributed by atoms with Crippen LogP contribution in [0.4, 0.5) is 5.82 Å². The molecule has 0 aliphatic rings. The summed E-state index contributed by atoms with van der Waals surface area (Å²) in [4.78, 5) is 4.11. The highest BCUT2D eigenvalue weighted by molar-refractivity contribution is 5.52. The van der Waals surface area contributed by atoms with Crippen LogP contribution in [0, 0.1) is 11.3 Å². The number of phenolic OH excluding ortho intramolecular Hbond substituents is 1. The number of aromatic hydroxyl groups is 1. The fraction of sp³-hybridized carbons (Fsp3) is 0.143. The topological polar surface area (TPSA) is 78.2 Å². The molecule has 0 bridgehead atoms. The summed E-state index contributed by atoms with van der Waals surface area (Å²) in [6.45, 7) is 0.488. The van der Waals surface area contributed by atoms with Crippen LogP contribution in [0.25, 0.3) is 0 Å². The van der Waals surface area contributed by atoms with Crippen molar-refractivity contribution in [2.45, 2.75) is 6.54 Å². The number of hydrogen-bond acceptors (Lipinski definition) is 5. The quantitative estimate of drug-likeness (QED) is 0.876. The third kappa shape index (κ3) is 2.93. The first kappa shape index (κ1) is 12.7. The highest BCUT2D eigenvalue weighted by atomic mass is 16.5. The van der Waals surface area contributed by atoms with Crippen molar-refractivity contribution in [3.8, 4) is 17.6 Å². The van der Waals surface area contributed by atoms with Crippen LogP contribution >= 0.6 is 0 Å². The van der Waals surface area contributed by atoms with Crippen LogP contribution in [0.1, 0.15) is 11.1 Å². The molecule has 0 spiro atoms. The summed E-state index contributed by atoms with van der Waals surface area (Å²) < 4.78 is 5.04. The number of ether oxygens (including phenoxy) is 1. The lowest BCUT2D eigenvalue weighted by atomic mass is 10.2. The summed E-state index contributed by atoms with van der Waals surface area (Å²) >= 11 is 0. The average Bonchev–Trinajstić information content (AvgIpc) is 2.46. The largest absolute Gasteiger partial charge is 0.504 e. The van der Waals surface area contributed by atoms with Gasteiger partial charge >= 0.3 is 0 Å². The van der Waals surface area contributed by atoms with Crippen LogP contribution in [-0.4, -0.2) is 17.2 Å². The molecule has 1 heterocycles. The molecule has 0 aliphatic carbocycles. The molecule has 1 aromatic carbocycles. The maximum absolute atomic E-state index is 9.50. The minimum Gasteiger partial charge on any atom is -0.504 e. The van der Waals surface area contributed by atoms with E-state index in [0.717, 1.165) is 5.56 Å². The lowest BCUT2D eigenvalue weighted by Crippen LogP contribution is -2.03. The van der Waals surface area contributed by atoms with Gasteiger partial charge < -0.3 is 15.2 Å². The SMILES string of the molecule is COc1cc(CNc2ncccc2C#N)ccc1O. The Morgan fingerprint density at radius 1 is 1.42 bits per heavy atom. The molecule has 2 aromatic rings. The molecule has 0 radical (unpaired) electrons. The van der Waals surface area contributed by atoms with Crippen LogP contribution in [0.15, 0.2) is 36.5 Å². The molecule has 2 N–H and O–H groups in total. The van der Waals surface area contributed by atoms with Crippen molar-refractivity contribution in [2.24, 2.45) is 0 Å². The number of hydrogen-bond donors (Lipinski definition) is 2. The molecule has 5 heteroatoms. The van der Waals surface area contributed by atoms with Gasteiger partial charge in [0.1, 0.15) is 11.9 Å². The van der Waals surface area contributed by atoms with Crippen molar-refractivity contribution in [2.75, 3.05) is 12.4 Å². The highest BCUT2D eigenvalue weighted by Gasteiger charge is 2.05. The van der Waals surface area contributed by atoms with Gasteiger partial charge in [-0.1, -0.05) is 6.07 Å². The van der Waals surface area contributed by atoms with Gasteiger partial charge in [-0.05, 0) is 29.8 Å². The number of pyridine rings is 1. The van der Waals surface area contributed by atoms with E-state index in [0.29, 0.717) is 23.7 Å².